The van der Waals surface area contributed by atoms with Gasteiger partial charge in [0.25, 0.3) is 0 Å². The SMILES string of the molecule is CC(c1ccc(Nc2ccnc3cc(Cl)ccc23)cc1)N1CCN(c2cccc(Cl)c2)CC1. The molecule has 1 aromatic heterocycles. The number of fused-ring (bicyclic) bond motifs is 1. The number of nitrogens with one attached hydrogen (secondary N) is 1. The average Bonchev–Trinajstić information content (AvgIpc) is 2.84. The fraction of sp³-hybridized carbons (Fsp3) is 0.222. The van der Waals surface area contributed by atoms with Crippen LogP contribution in [0.2, 0.25) is 10.0 Å². The van der Waals surface area contributed by atoms with Crippen molar-refractivity contribution < 1.29 is 0 Å². The van der Waals surface area contributed by atoms with E-state index < -0.39 is 0 Å². The highest BCUT2D eigenvalue weighted by Crippen LogP contribution is 2.29. The molecule has 4 aromatic rings. The lowest BCUT2D eigenvalue weighted by atomic mass is 10.1. The van der Waals surface area contributed by atoms with Gasteiger partial charge in [-0.1, -0.05) is 41.4 Å². The van der Waals surface area contributed by atoms with Crippen molar-refractivity contribution in [2.24, 2.45) is 0 Å². The van der Waals surface area contributed by atoms with E-state index in [1.165, 1.54) is 11.3 Å². The van der Waals surface area contributed by atoms with Crippen LogP contribution in [-0.4, -0.2) is 36.1 Å². The second kappa shape index (κ2) is 9.60. The summed E-state index contributed by atoms with van der Waals surface area (Å²) < 4.78 is 0. The lowest BCUT2D eigenvalue weighted by molar-refractivity contribution is 0.198. The monoisotopic (exact) mass is 476 g/mol. The third-order valence-corrected chi connectivity index (χ3v) is 6.88. The van der Waals surface area contributed by atoms with E-state index in [0.717, 1.165) is 53.5 Å². The van der Waals surface area contributed by atoms with Gasteiger partial charge in [0.05, 0.1) is 5.52 Å². The van der Waals surface area contributed by atoms with Gasteiger partial charge in [-0.2, -0.15) is 0 Å². The maximum Gasteiger partial charge on any atom is 0.0737 e. The fourth-order valence-corrected chi connectivity index (χ4v) is 4.83. The third kappa shape index (κ3) is 4.93. The Labute approximate surface area is 204 Å². The van der Waals surface area contributed by atoms with Crippen LogP contribution in [0.1, 0.15) is 18.5 Å². The number of hydrogen-bond donors (Lipinski definition) is 1. The second-order valence-corrected chi connectivity index (χ2v) is 9.32. The van der Waals surface area contributed by atoms with E-state index in [4.69, 9.17) is 23.2 Å². The Kier molecular flexibility index (Phi) is 6.41. The first-order valence-electron chi connectivity index (χ1n) is 11.2. The highest BCUT2D eigenvalue weighted by atomic mass is 35.5. The molecule has 1 unspecified atom stereocenters. The number of pyridine rings is 1. The van der Waals surface area contributed by atoms with E-state index in [0.29, 0.717) is 11.1 Å². The molecule has 0 radical (unpaired) electrons. The Hall–Kier alpha value is -2.79. The zero-order chi connectivity index (χ0) is 22.8. The molecule has 0 aliphatic carbocycles. The van der Waals surface area contributed by atoms with Crippen molar-refractivity contribution in [3.8, 4) is 0 Å². The standard InChI is InChI=1S/C27H26Cl2N4/c1-19(32-13-15-33(16-14-32)24-4-2-3-21(28)17-24)20-5-8-23(9-6-20)31-26-11-12-30-27-18-22(29)7-10-25(26)27/h2-12,17-19H,13-16H2,1H3,(H,30,31). The van der Waals surface area contributed by atoms with Gasteiger partial charge in [0, 0.05) is 70.9 Å². The van der Waals surface area contributed by atoms with E-state index in [1.807, 2.05) is 42.5 Å². The smallest absolute Gasteiger partial charge is 0.0737 e. The van der Waals surface area contributed by atoms with Crippen molar-refractivity contribution in [1.82, 2.24) is 9.88 Å². The lowest BCUT2D eigenvalue weighted by Gasteiger charge is -2.39. The summed E-state index contributed by atoms with van der Waals surface area (Å²) in [5.41, 5.74) is 5.49. The minimum atomic E-state index is 0.365. The summed E-state index contributed by atoms with van der Waals surface area (Å²) in [5, 5.41) is 6.06. The highest BCUT2D eigenvalue weighted by Gasteiger charge is 2.22. The number of piperazine rings is 1. The molecule has 5 rings (SSSR count). The van der Waals surface area contributed by atoms with Crippen LogP contribution >= 0.6 is 23.2 Å². The maximum atomic E-state index is 6.17. The molecule has 2 heterocycles. The molecule has 1 N–H and O–H groups in total. The Morgan fingerprint density at radius 2 is 1.61 bits per heavy atom. The van der Waals surface area contributed by atoms with Crippen molar-refractivity contribution >= 4 is 51.2 Å². The van der Waals surface area contributed by atoms with Gasteiger partial charge in [-0.15, -0.1) is 0 Å². The summed E-state index contributed by atoms with van der Waals surface area (Å²) >= 11 is 12.3. The molecule has 6 heteroatoms. The molecule has 1 aliphatic rings. The lowest BCUT2D eigenvalue weighted by Crippen LogP contribution is -2.47. The largest absolute Gasteiger partial charge is 0.369 e. The zero-order valence-corrected chi connectivity index (χ0v) is 20.0. The Bertz CT molecular complexity index is 1250. The molecular formula is C27H26Cl2N4. The van der Waals surface area contributed by atoms with E-state index in [2.05, 4.69) is 57.4 Å². The van der Waals surface area contributed by atoms with Crippen LogP contribution in [0.25, 0.3) is 10.9 Å². The van der Waals surface area contributed by atoms with E-state index >= 15 is 0 Å². The van der Waals surface area contributed by atoms with Crippen molar-refractivity contribution in [3.05, 3.63) is 94.6 Å². The first-order chi connectivity index (χ1) is 16.1. The van der Waals surface area contributed by atoms with Gasteiger partial charge >= 0.3 is 0 Å². The normalized spacial score (nSPS) is 15.5. The molecule has 4 nitrogen and oxygen atoms in total. The van der Waals surface area contributed by atoms with Crippen molar-refractivity contribution in [2.75, 3.05) is 36.4 Å². The maximum absolute atomic E-state index is 6.17. The second-order valence-electron chi connectivity index (χ2n) is 8.45. The number of aromatic nitrogens is 1. The van der Waals surface area contributed by atoms with Crippen LogP contribution in [0, 0.1) is 0 Å². The summed E-state index contributed by atoms with van der Waals surface area (Å²) in [6.07, 6.45) is 1.81. The molecule has 0 amide bonds. The number of rotatable bonds is 5. The Morgan fingerprint density at radius 1 is 0.848 bits per heavy atom. The summed E-state index contributed by atoms with van der Waals surface area (Å²) in [7, 11) is 0. The number of benzene rings is 3. The Balaban J connectivity index is 1.24. The molecule has 1 atom stereocenters. The van der Waals surface area contributed by atoms with Crippen LogP contribution in [0.5, 0.6) is 0 Å². The number of halogens is 2. The number of hydrogen-bond acceptors (Lipinski definition) is 4. The van der Waals surface area contributed by atoms with Crippen LogP contribution in [0.3, 0.4) is 0 Å². The summed E-state index contributed by atoms with van der Waals surface area (Å²) in [6.45, 7) is 6.35. The molecule has 1 aliphatic heterocycles. The van der Waals surface area contributed by atoms with E-state index in [9.17, 15) is 0 Å². The van der Waals surface area contributed by atoms with Crippen LogP contribution in [0.15, 0.2) is 79.0 Å². The molecule has 33 heavy (non-hydrogen) atoms. The van der Waals surface area contributed by atoms with Gasteiger partial charge in [-0.3, -0.25) is 9.88 Å². The molecule has 0 saturated carbocycles. The third-order valence-electron chi connectivity index (χ3n) is 6.41. The van der Waals surface area contributed by atoms with Crippen LogP contribution < -0.4 is 10.2 Å². The molecular weight excluding hydrogens is 451 g/mol. The summed E-state index contributed by atoms with van der Waals surface area (Å²) in [6, 6.07) is 25.0. The predicted molar refractivity (Wildman–Crippen MR) is 140 cm³/mol. The predicted octanol–water partition coefficient (Wildman–Crippen LogP) is 7.17. The Morgan fingerprint density at radius 3 is 2.36 bits per heavy atom. The van der Waals surface area contributed by atoms with E-state index in [-0.39, 0.29) is 0 Å². The van der Waals surface area contributed by atoms with Crippen molar-refractivity contribution in [1.29, 1.82) is 0 Å². The van der Waals surface area contributed by atoms with Gasteiger partial charge in [0.15, 0.2) is 0 Å². The number of nitrogens with zero attached hydrogens (tertiary/aromatic N) is 3. The van der Waals surface area contributed by atoms with Crippen molar-refractivity contribution in [2.45, 2.75) is 13.0 Å². The van der Waals surface area contributed by atoms with Crippen molar-refractivity contribution in [3.63, 3.8) is 0 Å². The molecule has 1 fully saturated rings. The van der Waals surface area contributed by atoms with Crippen LogP contribution in [0.4, 0.5) is 17.1 Å². The summed E-state index contributed by atoms with van der Waals surface area (Å²) in [5.74, 6) is 0. The highest BCUT2D eigenvalue weighted by molar-refractivity contribution is 6.31. The fourth-order valence-electron chi connectivity index (χ4n) is 4.48. The molecule has 168 valence electrons. The first kappa shape index (κ1) is 22.0. The van der Waals surface area contributed by atoms with Gasteiger partial charge in [0.2, 0.25) is 0 Å². The first-order valence-corrected chi connectivity index (χ1v) is 12.0. The molecule has 0 bridgehead atoms. The van der Waals surface area contributed by atoms with Gasteiger partial charge in [-0.25, -0.2) is 0 Å². The topological polar surface area (TPSA) is 31.4 Å². The van der Waals surface area contributed by atoms with E-state index in [1.54, 1.807) is 6.20 Å². The number of anilines is 3. The molecule has 3 aromatic carbocycles. The van der Waals surface area contributed by atoms with Gasteiger partial charge < -0.3 is 10.2 Å². The molecule has 1 saturated heterocycles. The average molecular weight is 477 g/mol. The van der Waals surface area contributed by atoms with Gasteiger partial charge in [0.1, 0.15) is 0 Å². The van der Waals surface area contributed by atoms with Gasteiger partial charge in [-0.05, 0) is 67.1 Å². The summed E-state index contributed by atoms with van der Waals surface area (Å²) in [4.78, 5) is 9.38. The molecule has 0 spiro atoms. The quantitative estimate of drug-likeness (QED) is 0.330. The zero-order valence-electron chi connectivity index (χ0n) is 18.5. The minimum absolute atomic E-state index is 0.365. The van der Waals surface area contributed by atoms with Crippen LogP contribution in [-0.2, 0) is 0 Å². The minimum Gasteiger partial charge on any atom is -0.369 e.